The number of halogens is 1. The molecule has 1 aromatic rings. The van der Waals surface area contributed by atoms with Crippen LogP contribution in [0.1, 0.15) is 16.1 Å². The van der Waals surface area contributed by atoms with Crippen LogP contribution in [0.2, 0.25) is 5.02 Å². The van der Waals surface area contributed by atoms with Gasteiger partial charge in [0.2, 0.25) is 0 Å². The van der Waals surface area contributed by atoms with Crippen LogP contribution >= 0.6 is 22.9 Å². The second kappa shape index (κ2) is 4.85. The van der Waals surface area contributed by atoms with Crippen LogP contribution in [0.15, 0.2) is 11.4 Å². The van der Waals surface area contributed by atoms with Gasteiger partial charge in [-0.05, 0) is 6.07 Å². The van der Waals surface area contributed by atoms with Gasteiger partial charge in [-0.3, -0.25) is 4.79 Å². The molecule has 1 heterocycles. The third-order valence-electron chi connectivity index (χ3n) is 1.31. The molecule has 0 aliphatic heterocycles. The van der Waals surface area contributed by atoms with Gasteiger partial charge in [0.05, 0.1) is 22.4 Å². The third kappa shape index (κ3) is 3.05. The van der Waals surface area contributed by atoms with Crippen LogP contribution in [0.25, 0.3) is 0 Å². The molecule has 1 aromatic heterocycles. The predicted molar refractivity (Wildman–Crippen MR) is 51.9 cm³/mol. The summed E-state index contributed by atoms with van der Waals surface area (Å²) in [6.45, 7) is 0.380. The Morgan fingerprint density at radius 1 is 1.77 bits per heavy atom. The first-order valence-corrected chi connectivity index (χ1v) is 4.89. The van der Waals surface area contributed by atoms with Gasteiger partial charge in [0.15, 0.2) is 0 Å². The SMILES string of the molecule is N#CCCNC(=O)c1cc(Cl)cs1. The summed E-state index contributed by atoms with van der Waals surface area (Å²) in [5.41, 5.74) is 0. The second-order valence-corrected chi connectivity index (χ2v) is 3.64. The highest BCUT2D eigenvalue weighted by Gasteiger charge is 2.06. The molecule has 3 nitrogen and oxygen atoms in total. The second-order valence-electron chi connectivity index (χ2n) is 2.29. The van der Waals surface area contributed by atoms with Gasteiger partial charge in [-0.2, -0.15) is 5.26 Å². The fourth-order valence-electron chi connectivity index (χ4n) is 0.751. The van der Waals surface area contributed by atoms with E-state index < -0.39 is 0 Å². The molecule has 5 heteroatoms. The Morgan fingerprint density at radius 2 is 2.54 bits per heavy atom. The number of rotatable bonds is 3. The third-order valence-corrected chi connectivity index (χ3v) is 2.59. The van der Waals surface area contributed by atoms with Crippen molar-refractivity contribution in [3.8, 4) is 6.07 Å². The fourth-order valence-corrected chi connectivity index (χ4v) is 1.74. The molecule has 13 heavy (non-hydrogen) atoms. The number of nitriles is 1. The maximum atomic E-state index is 11.3. The van der Waals surface area contributed by atoms with Gasteiger partial charge in [-0.15, -0.1) is 11.3 Å². The predicted octanol–water partition coefficient (Wildman–Crippen LogP) is 2.04. The van der Waals surface area contributed by atoms with Crippen LogP contribution in [0.4, 0.5) is 0 Å². The van der Waals surface area contributed by atoms with E-state index in [1.54, 1.807) is 11.4 Å². The van der Waals surface area contributed by atoms with Crippen molar-refractivity contribution in [1.29, 1.82) is 5.26 Å². The van der Waals surface area contributed by atoms with E-state index in [0.717, 1.165) is 0 Å². The minimum absolute atomic E-state index is 0.174. The zero-order chi connectivity index (χ0) is 9.68. The summed E-state index contributed by atoms with van der Waals surface area (Å²) >= 11 is 6.93. The summed E-state index contributed by atoms with van der Waals surface area (Å²) < 4.78 is 0. The average molecular weight is 215 g/mol. The van der Waals surface area contributed by atoms with Crippen LogP contribution in [-0.4, -0.2) is 12.5 Å². The van der Waals surface area contributed by atoms with E-state index >= 15 is 0 Å². The zero-order valence-electron chi connectivity index (χ0n) is 6.71. The van der Waals surface area contributed by atoms with Crippen molar-refractivity contribution in [2.45, 2.75) is 6.42 Å². The minimum atomic E-state index is -0.174. The Kier molecular flexibility index (Phi) is 3.74. The Morgan fingerprint density at radius 3 is 3.08 bits per heavy atom. The van der Waals surface area contributed by atoms with Gasteiger partial charge >= 0.3 is 0 Å². The van der Waals surface area contributed by atoms with Crippen molar-refractivity contribution < 1.29 is 4.79 Å². The van der Waals surface area contributed by atoms with Crippen molar-refractivity contribution in [2.24, 2.45) is 0 Å². The molecule has 0 radical (unpaired) electrons. The largest absolute Gasteiger partial charge is 0.350 e. The van der Waals surface area contributed by atoms with Gasteiger partial charge in [0.1, 0.15) is 0 Å². The van der Waals surface area contributed by atoms with Gasteiger partial charge in [0, 0.05) is 11.9 Å². The molecule has 1 rings (SSSR count). The van der Waals surface area contributed by atoms with E-state index in [2.05, 4.69) is 5.32 Å². The fraction of sp³-hybridized carbons (Fsp3) is 0.250. The van der Waals surface area contributed by atoms with E-state index in [4.69, 9.17) is 16.9 Å². The topological polar surface area (TPSA) is 52.9 Å². The molecular weight excluding hydrogens is 208 g/mol. The van der Waals surface area contributed by atoms with E-state index in [1.165, 1.54) is 11.3 Å². The molecule has 0 aromatic carbocycles. The van der Waals surface area contributed by atoms with Crippen molar-refractivity contribution in [3.63, 3.8) is 0 Å². The highest BCUT2D eigenvalue weighted by atomic mass is 35.5. The zero-order valence-corrected chi connectivity index (χ0v) is 8.28. The first-order valence-electron chi connectivity index (χ1n) is 3.63. The molecule has 1 N–H and O–H groups in total. The lowest BCUT2D eigenvalue weighted by Gasteiger charge is -1.97. The lowest BCUT2D eigenvalue weighted by atomic mass is 10.4. The number of carbonyl (C=O) groups excluding carboxylic acids is 1. The maximum Gasteiger partial charge on any atom is 0.261 e. The average Bonchev–Trinajstić information content (AvgIpc) is 2.52. The van der Waals surface area contributed by atoms with E-state index in [1.807, 2.05) is 6.07 Å². The molecule has 0 saturated carbocycles. The van der Waals surface area contributed by atoms with E-state index in [0.29, 0.717) is 22.9 Å². The minimum Gasteiger partial charge on any atom is -0.350 e. The van der Waals surface area contributed by atoms with Crippen LogP contribution in [0.5, 0.6) is 0 Å². The molecule has 0 fully saturated rings. The van der Waals surface area contributed by atoms with Crippen LogP contribution in [-0.2, 0) is 0 Å². The van der Waals surface area contributed by atoms with Gasteiger partial charge in [-0.25, -0.2) is 0 Å². The number of thiophene rings is 1. The maximum absolute atomic E-state index is 11.3. The molecule has 68 valence electrons. The van der Waals surface area contributed by atoms with E-state index in [-0.39, 0.29) is 5.91 Å². The quantitative estimate of drug-likeness (QED) is 0.783. The summed E-state index contributed by atoms with van der Waals surface area (Å²) in [6, 6.07) is 3.55. The number of hydrogen-bond acceptors (Lipinski definition) is 3. The number of nitrogens with zero attached hydrogens (tertiary/aromatic N) is 1. The molecule has 0 aliphatic carbocycles. The summed E-state index contributed by atoms with van der Waals surface area (Å²) in [5, 5.41) is 13.1. The molecule has 0 spiro atoms. The number of amides is 1. The van der Waals surface area contributed by atoms with Crippen molar-refractivity contribution in [1.82, 2.24) is 5.32 Å². The van der Waals surface area contributed by atoms with Crippen LogP contribution in [0.3, 0.4) is 0 Å². The van der Waals surface area contributed by atoms with Gasteiger partial charge < -0.3 is 5.32 Å². The van der Waals surface area contributed by atoms with Gasteiger partial charge in [-0.1, -0.05) is 11.6 Å². The standard InChI is InChI=1S/C8H7ClN2OS/c9-6-4-7(13-5-6)8(12)11-3-1-2-10/h4-5H,1,3H2,(H,11,12). The van der Waals surface area contributed by atoms with Crippen molar-refractivity contribution >= 4 is 28.8 Å². The Balaban J connectivity index is 2.45. The first kappa shape index (κ1) is 10.0. The van der Waals surface area contributed by atoms with Crippen molar-refractivity contribution in [3.05, 3.63) is 21.3 Å². The molecule has 0 bridgehead atoms. The first-order chi connectivity index (χ1) is 6.24. The van der Waals surface area contributed by atoms with Crippen LogP contribution in [0, 0.1) is 11.3 Å². The highest BCUT2D eigenvalue weighted by molar-refractivity contribution is 7.12. The Labute approximate surface area is 84.9 Å². The molecule has 0 unspecified atom stereocenters. The summed E-state index contributed by atoms with van der Waals surface area (Å²) in [7, 11) is 0. The summed E-state index contributed by atoms with van der Waals surface area (Å²) in [4.78, 5) is 11.8. The van der Waals surface area contributed by atoms with Gasteiger partial charge in [0.25, 0.3) is 5.91 Å². The normalized spacial score (nSPS) is 9.23. The number of carbonyl (C=O) groups is 1. The molecule has 0 aliphatic rings. The molecule has 0 saturated heterocycles. The molecule has 1 amide bonds. The van der Waals surface area contributed by atoms with E-state index in [9.17, 15) is 4.79 Å². The monoisotopic (exact) mass is 214 g/mol. The van der Waals surface area contributed by atoms with Crippen molar-refractivity contribution in [2.75, 3.05) is 6.54 Å². The smallest absolute Gasteiger partial charge is 0.261 e. The lowest BCUT2D eigenvalue weighted by molar-refractivity contribution is 0.0958. The number of nitrogens with one attached hydrogen (secondary N) is 1. The van der Waals surface area contributed by atoms with Crippen LogP contribution < -0.4 is 5.32 Å². The Hall–Kier alpha value is -1.05. The molecular formula is C8H7ClN2OS. The lowest BCUT2D eigenvalue weighted by Crippen LogP contribution is -2.23. The summed E-state index contributed by atoms with van der Waals surface area (Å²) in [5.74, 6) is -0.174. The Bertz CT molecular complexity index is 342. The summed E-state index contributed by atoms with van der Waals surface area (Å²) in [6.07, 6.45) is 0.324. The molecule has 0 atom stereocenters. The highest BCUT2D eigenvalue weighted by Crippen LogP contribution is 2.18. The number of hydrogen-bond donors (Lipinski definition) is 1.